The van der Waals surface area contributed by atoms with Crippen LogP contribution >= 0.6 is 0 Å². The van der Waals surface area contributed by atoms with Gasteiger partial charge < -0.3 is 9.64 Å². The maximum atomic E-state index is 5.34. The summed E-state index contributed by atoms with van der Waals surface area (Å²) in [6.07, 6.45) is 3.37. The van der Waals surface area contributed by atoms with Gasteiger partial charge in [0, 0.05) is 13.1 Å². The number of nitrogens with zero attached hydrogens (tertiary/aromatic N) is 1. The van der Waals surface area contributed by atoms with E-state index in [9.17, 15) is 0 Å². The van der Waals surface area contributed by atoms with E-state index in [2.05, 4.69) is 37.6 Å². The summed E-state index contributed by atoms with van der Waals surface area (Å²) in [5.41, 5.74) is 2.94. The molecule has 0 saturated carbocycles. The molecule has 0 aromatic heterocycles. The summed E-state index contributed by atoms with van der Waals surface area (Å²) in [5.74, 6) is 0.925. The molecule has 1 aliphatic heterocycles. The van der Waals surface area contributed by atoms with E-state index in [1.54, 1.807) is 12.7 Å². The Morgan fingerprint density at radius 1 is 1.28 bits per heavy atom. The predicted octanol–water partition coefficient (Wildman–Crippen LogP) is 1.54. The van der Waals surface area contributed by atoms with Crippen molar-refractivity contribution in [3.05, 3.63) is 28.1 Å². The van der Waals surface area contributed by atoms with Crippen molar-refractivity contribution in [2.75, 3.05) is 27.2 Å². The highest BCUT2D eigenvalue weighted by atomic mass is 16.5. The molecule has 2 rings (SSSR count). The molecule has 1 aliphatic rings. The number of rotatable bonds is 2. The molecule has 0 aliphatic carbocycles. The molecule has 1 aromatic rings. The minimum Gasteiger partial charge on any atom is -0.497 e. The van der Waals surface area contributed by atoms with Crippen LogP contribution in [0.4, 0.5) is 0 Å². The monoisotopic (exact) mass is 245 g/mol. The molecule has 98 valence electrons. The molecule has 0 spiro atoms. The highest BCUT2D eigenvalue weighted by Gasteiger charge is 2.12. The second-order valence-electron chi connectivity index (χ2n) is 5.08. The molecule has 1 fully saturated rings. The van der Waals surface area contributed by atoms with E-state index >= 15 is 0 Å². The van der Waals surface area contributed by atoms with Crippen molar-refractivity contribution in [2.24, 2.45) is 0 Å². The lowest BCUT2D eigenvalue weighted by Crippen LogP contribution is -2.35. The predicted molar refractivity (Wildman–Crippen MR) is 77.3 cm³/mol. The molecule has 2 nitrogen and oxygen atoms in total. The molecule has 0 unspecified atom stereocenters. The van der Waals surface area contributed by atoms with Crippen LogP contribution in [0.25, 0.3) is 12.2 Å². The topological polar surface area (TPSA) is 12.5 Å². The van der Waals surface area contributed by atoms with Gasteiger partial charge in [-0.3, -0.25) is 0 Å². The second-order valence-corrected chi connectivity index (χ2v) is 5.08. The van der Waals surface area contributed by atoms with Crippen LogP contribution < -0.4 is 15.2 Å². The quantitative estimate of drug-likeness (QED) is 0.784. The smallest absolute Gasteiger partial charge is 0.119 e. The van der Waals surface area contributed by atoms with Gasteiger partial charge in [0.05, 0.1) is 7.11 Å². The lowest BCUT2D eigenvalue weighted by atomic mass is 9.96. The highest BCUT2D eigenvalue weighted by molar-refractivity contribution is 5.50. The summed E-state index contributed by atoms with van der Waals surface area (Å²) in [5, 5.41) is 2.51. The first-order valence-corrected chi connectivity index (χ1v) is 6.72. The SMILES string of the molecule is C=c1cc(OC)cc(CC)c1=C1CCN(C)CC1. The number of likely N-dealkylation sites (tertiary alicyclic amines) is 1. The number of hydrogen-bond donors (Lipinski definition) is 0. The summed E-state index contributed by atoms with van der Waals surface area (Å²) < 4.78 is 5.34. The molecule has 0 radical (unpaired) electrons. The van der Waals surface area contributed by atoms with Crippen molar-refractivity contribution in [3.8, 4) is 5.75 Å². The van der Waals surface area contributed by atoms with Gasteiger partial charge in [-0.05, 0) is 54.4 Å². The number of hydrogen-bond acceptors (Lipinski definition) is 2. The van der Waals surface area contributed by atoms with Gasteiger partial charge in [-0.15, -0.1) is 0 Å². The number of benzene rings is 1. The molecule has 0 amide bonds. The maximum absolute atomic E-state index is 5.34. The van der Waals surface area contributed by atoms with Crippen LogP contribution in [0.2, 0.25) is 0 Å². The lowest BCUT2D eigenvalue weighted by Gasteiger charge is -2.24. The average Bonchev–Trinajstić information content (AvgIpc) is 2.39. The molecule has 1 aromatic carbocycles. The van der Waals surface area contributed by atoms with E-state index in [1.165, 1.54) is 23.6 Å². The first-order valence-electron chi connectivity index (χ1n) is 6.72. The number of methoxy groups -OCH3 is 1. The second kappa shape index (κ2) is 5.57. The average molecular weight is 245 g/mol. The molecule has 0 atom stereocenters. The molecule has 1 saturated heterocycles. The van der Waals surface area contributed by atoms with Gasteiger partial charge in [-0.2, -0.15) is 0 Å². The van der Waals surface area contributed by atoms with E-state index in [4.69, 9.17) is 4.74 Å². The van der Waals surface area contributed by atoms with Gasteiger partial charge in [0.15, 0.2) is 0 Å². The molecule has 0 bridgehead atoms. The van der Waals surface area contributed by atoms with Crippen molar-refractivity contribution in [1.82, 2.24) is 4.90 Å². The molecule has 2 heteroatoms. The van der Waals surface area contributed by atoms with Crippen LogP contribution in [-0.2, 0) is 6.42 Å². The first kappa shape index (κ1) is 13.2. The van der Waals surface area contributed by atoms with Crippen LogP contribution in [0.3, 0.4) is 0 Å². The minimum absolute atomic E-state index is 0.925. The Balaban J connectivity index is 2.56. The Morgan fingerprint density at radius 2 is 1.94 bits per heavy atom. The molecular weight excluding hydrogens is 222 g/mol. The third-order valence-electron chi connectivity index (χ3n) is 3.84. The van der Waals surface area contributed by atoms with Crippen molar-refractivity contribution in [3.63, 3.8) is 0 Å². The van der Waals surface area contributed by atoms with Gasteiger partial charge in [0.1, 0.15) is 5.75 Å². The van der Waals surface area contributed by atoms with Crippen molar-refractivity contribution in [1.29, 1.82) is 0 Å². The van der Waals surface area contributed by atoms with E-state index in [0.717, 1.165) is 30.5 Å². The van der Waals surface area contributed by atoms with Crippen molar-refractivity contribution >= 4 is 12.2 Å². The zero-order valence-electron chi connectivity index (χ0n) is 11.8. The fraction of sp³-hybridized carbons (Fsp3) is 0.500. The largest absolute Gasteiger partial charge is 0.497 e. The van der Waals surface area contributed by atoms with Crippen LogP contribution in [0.1, 0.15) is 25.3 Å². The summed E-state index contributed by atoms with van der Waals surface area (Å²) >= 11 is 0. The minimum atomic E-state index is 0.925. The van der Waals surface area contributed by atoms with Crippen molar-refractivity contribution in [2.45, 2.75) is 26.2 Å². The Labute approximate surface area is 110 Å². The fourth-order valence-electron chi connectivity index (χ4n) is 2.72. The highest BCUT2D eigenvalue weighted by Crippen LogP contribution is 2.16. The zero-order chi connectivity index (χ0) is 13.1. The lowest BCUT2D eigenvalue weighted by molar-refractivity contribution is 0.328. The van der Waals surface area contributed by atoms with Crippen LogP contribution in [0, 0.1) is 0 Å². The summed E-state index contributed by atoms with van der Waals surface area (Å²) in [7, 11) is 3.91. The van der Waals surface area contributed by atoms with Gasteiger partial charge in [-0.1, -0.05) is 19.1 Å². The normalized spacial score (nSPS) is 16.9. The molecular formula is C16H23NO. The number of ether oxygens (including phenoxy) is 1. The van der Waals surface area contributed by atoms with Gasteiger partial charge in [-0.25, -0.2) is 0 Å². The number of piperidine rings is 1. The maximum Gasteiger partial charge on any atom is 0.119 e. The Morgan fingerprint density at radius 3 is 2.50 bits per heavy atom. The molecule has 0 N–H and O–H groups in total. The van der Waals surface area contributed by atoms with Crippen LogP contribution in [0.5, 0.6) is 5.75 Å². The summed E-state index contributed by atoms with van der Waals surface area (Å²) in [6.45, 7) is 8.73. The van der Waals surface area contributed by atoms with Crippen LogP contribution in [-0.4, -0.2) is 32.1 Å². The van der Waals surface area contributed by atoms with Gasteiger partial charge in [0.25, 0.3) is 0 Å². The standard InChI is InChI=1S/C16H23NO/c1-5-13-11-15(18-4)10-12(2)16(13)14-6-8-17(3)9-7-14/h10-11H,2,5-9H2,1,3-4H3. The first-order chi connectivity index (χ1) is 8.65. The van der Waals surface area contributed by atoms with Crippen LogP contribution in [0.15, 0.2) is 12.1 Å². The molecule has 18 heavy (non-hydrogen) atoms. The Hall–Kier alpha value is -1.28. The summed E-state index contributed by atoms with van der Waals surface area (Å²) in [6, 6.07) is 4.22. The molecule has 1 heterocycles. The third-order valence-corrected chi connectivity index (χ3v) is 3.84. The van der Waals surface area contributed by atoms with E-state index in [1.807, 2.05) is 0 Å². The third kappa shape index (κ3) is 2.59. The van der Waals surface area contributed by atoms with E-state index in [0.29, 0.717) is 0 Å². The zero-order valence-corrected chi connectivity index (χ0v) is 11.8. The van der Waals surface area contributed by atoms with Crippen molar-refractivity contribution < 1.29 is 4.74 Å². The van der Waals surface area contributed by atoms with Gasteiger partial charge in [0.2, 0.25) is 0 Å². The van der Waals surface area contributed by atoms with Gasteiger partial charge >= 0.3 is 0 Å². The fourth-order valence-corrected chi connectivity index (χ4v) is 2.72. The van der Waals surface area contributed by atoms with E-state index in [-0.39, 0.29) is 0 Å². The number of aryl methyl sites for hydroxylation is 1. The Bertz CT molecular complexity index is 523. The summed E-state index contributed by atoms with van der Waals surface area (Å²) in [4.78, 5) is 2.39. The Kier molecular flexibility index (Phi) is 4.07. The van der Waals surface area contributed by atoms with E-state index < -0.39 is 0 Å².